The van der Waals surface area contributed by atoms with Gasteiger partial charge >= 0.3 is 0 Å². The van der Waals surface area contributed by atoms with Crippen LogP contribution in [-0.2, 0) is 10.2 Å². The summed E-state index contributed by atoms with van der Waals surface area (Å²) in [6.07, 6.45) is 8.10. The number of benzene rings is 2. The summed E-state index contributed by atoms with van der Waals surface area (Å²) < 4.78 is 14.9. The third-order valence-electron chi connectivity index (χ3n) is 7.59. The zero-order valence-electron chi connectivity index (χ0n) is 22.5. The van der Waals surface area contributed by atoms with Crippen molar-refractivity contribution in [1.29, 1.82) is 0 Å². The molecule has 2 amide bonds. The van der Waals surface area contributed by atoms with Crippen molar-refractivity contribution in [2.45, 2.75) is 58.4 Å². The number of nitrogens with one attached hydrogen (secondary N) is 2. The van der Waals surface area contributed by atoms with Gasteiger partial charge in [-0.25, -0.2) is 4.39 Å². The van der Waals surface area contributed by atoms with Gasteiger partial charge < -0.3 is 15.5 Å². The number of allylic oxidation sites excluding steroid dienone is 3. The van der Waals surface area contributed by atoms with E-state index in [9.17, 15) is 14.0 Å². The second-order valence-corrected chi connectivity index (χ2v) is 11.2. The van der Waals surface area contributed by atoms with Crippen LogP contribution < -0.4 is 10.6 Å². The summed E-state index contributed by atoms with van der Waals surface area (Å²) in [5, 5.41) is 6.35. The summed E-state index contributed by atoms with van der Waals surface area (Å²) in [5.41, 5.74) is 3.58. The lowest BCUT2D eigenvalue weighted by molar-refractivity contribution is -0.123. The molecule has 5 nitrogen and oxygen atoms in total. The molecule has 0 radical (unpaired) electrons. The van der Waals surface area contributed by atoms with Crippen LogP contribution in [0.15, 0.2) is 66.4 Å². The summed E-state index contributed by atoms with van der Waals surface area (Å²) in [4.78, 5) is 29.4. The molecule has 2 aromatic rings. The van der Waals surface area contributed by atoms with Crippen LogP contribution in [0.1, 0.15) is 61.5 Å². The number of halogens is 1. The van der Waals surface area contributed by atoms with Gasteiger partial charge in [0.05, 0.1) is 17.5 Å². The molecule has 1 aliphatic carbocycles. The van der Waals surface area contributed by atoms with E-state index in [1.807, 2.05) is 37.4 Å². The number of nitrogens with zero attached hydrogens (tertiary/aromatic N) is 1. The number of amides is 2. The van der Waals surface area contributed by atoms with Crippen LogP contribution in [0.5, 0.6) is 0 Å². The summed E-state index contributed by atoms with van der Waals surface area (Å²) in [5.74, 6) is -1.46. The lowest BCUT2D eigenvalue weighted by Crippen LogP contribution is -2.55. The maximum absolute atomic E-state index is 14.9. The lowest BCUT2D eigenvalue weighted by Gasteiger charge is -2.45. The number of carbonyl (C=O) groups excluding carboxylic acids is 2. The van der Waals surface area contributed by atoms with Gasteiger partial charge in [-0.1, -0.05) is 57.2 Å². The van der Waals surface area contributed by atoms with Crippen LogP contribution in [0.4, 0.5) is 10.1 Å². The van der Waals surface area contributed by atoms with Gasteiger partial charge in [-0.2, -0.15) is 0 Å². The number of rotatable bonds is 5. The van der Waals surface area contributed by atoms with Crippen molar-refractivity contribution in [1.82, 2.24) is 10.2 Å². The van der Waals surface area contributed by atoms with Gasteiger partial charge in [0.2, 0.25) is 5.91 Å². The van der Waals surface area contributed by atoms with E-state index in [0.29, 0.717) is 31.4 Å². The van der Waals surface area contributed by atoms with Gasteiger partial charge in [-0.3, -0.25) is 9.59 Å². The average molecular weight is 504 g/mol. The van der Waals surface area contributed by atoms with Gasteiger partial charge in [0.1, 0.15) is 5.82 Å². The number of anilines is 1. The van der Waals surface area contributed by atoms with Gasteiger partial charge in [0, 0.05) is 30.9 Å². The van der Waals surface area contributed by atoms with Gasteiger partial charge in [0.15, 0.2) is 0 Å². The molecule has 1 aliphatic heterocycles. The van der Waals surface area contributed by atoms with Crippen LogP contribution in [0.25, 0.3) is 0 Å². The fourth-order valence-electron chi connectivity index (χ4n) is 5.54. The number of carbonyl (C=O) groups is 2. The first-order chi connectivity index (χ1) is 17.6. The molecule has 3 atom stereocenters. The van der Waals surface area contributed by atoms with E-state index in [2.05, 4.69) is 43.5 Å². The zero-order chi connectivity index (χ0) is 26.7. The van der Waals surface area contributed by atoms with Crippen molar-refractivity contribution < 1.29 is 14.0 Å². The fourth-order valence-corrected chi connectivity index (χ4v) is 5.54. The minimum Gasteiger partial charge on any atom is -0.391 e. The lowest BCUT2D eigenvalue weighted by atomic mass is 9.77. The first-order valence-electron chi connectivity index (χ1n) is 13.1. The number of likely N-dealkylation sites (tertiary alicyclic amines) is 1. The maximum Gasteiger partial charge on any atom is 0.257 e. The van der Waals surface area contributed by atoms with E-state index in [-0.39, 0.29) is 34.8 Å². The van der Waals surface area contributed by atoms with Crippen LogP contribution in [0.2, 0.25) is 0 Å². The van der Waals surface area contributed by atoms with E-state index in [4.69, 9.17) is 0 Å². The predicted molar refractivity (Wildman–Crippen MR) is 147 cm³/mol. The Hall–Kier alpha value is -3.41. The van der Waals surface area contributed by atoms with Crippen molar-refractivity contribution >= 4 is 17.5 Å². The molecule has 0 bridgehead atoms. The van der Waals surface area contributed by atoms with Crippen molar-refractivity contribution in [2.24, 2.45) is 11.8 Å². The highest BCUT2D eigenvalue weighted by molar-refractivity contribution is 5.98. The highest BCUT2D eigenvalue weighted by atomic mass is 19.1. The van der Waals surface area contributed by atoms with Crippen molar-refractivity contribution in [3.8, 4) is 0 Å². The molecule has 196 valence electrons. The number of aryl methyl sites for hydroxylation is 1. The molecule has 2 aliphatic rings. The van der Waals surface area contributed by atoms with Gasteiger partial charge in [-0.15, -0.1) is 0 Å². The number of hydrogen-bond donors (Lipinski definition) is 2. The number of piperidine rings is 1. The van der Waals surface area contributed by atoms with E-state index in [0.717, 1.165) is 16.9 Å². The third-order valence-corrected chi connectivity index (χ3v) is 7.59. The Bertz CT molecular complexity index is 1210. The van der Waals surface area contributed by atoms with Crippen LogP contribution in [-0.4, -0.2) is 36.3 Å². The molecule has 37 heavy (non-hydrogen) atoms. The minimum absolute atomic E-state index is 0.0439. The molecule has 1 unspecified atom stereocenters. The van der Waals surface area contributed by atoms with Gasteiger partial charge in [0.25, 0.3) is 5.91 Å². The van der Waals surface area contributed by atoms with Gasteiger partial charge in [-0.05, 0) is 67.0 Å². The summed E-state index contributed by atoms with van der Waals surface area (Å²) in [6, 6.07) is 12.2. The first-order valence-corrected chi connectivity index (χ1v) is 13.1. The summed E-state index contributed by atoms with van der Waals surface area (Å²) in [7, 11) is 1.88. The highest BCUT2D eigenvalue weighted by Gasteiger charge is 2.43. The number of hydrogen-bond acceptors (Lipinski definition) is 3. The molecule has 6 heteroatoms. The molecule has 0 aromatic heterocycles. The van der Waals surface area contributed by atoms with Crippen LogP contribution >= 0.6 is 0 Å². The molecule has 1 saturated heterocycles. The van der Waals surface area contributed by atoms with Crippen molar-refractivity contribution in [3.63, 3.8) is 0 Å². The topological polar surface area (TPSA) is 61.4 Å². The molecule has 2 aromatic carbocycles. The quantitative estimate of drug-likeness (QED) is 0.528. The molecular formula is C31H38FN3O2. The Balaban J connectivity index is 1.68. The van der Waals surface area contributed by atoms with Crippen LogP contribution in [0, 0.1) is 24.6 Å². The van der Waals surface area contributed by atoms with E-state index in [1.165, 1.54) is 6.07 Å². The Morgan fingerprint density at radius 3 is 2.57 bits per heavy atom. The molecule has 1 heterocycles. The monoisotopic (exact) mass is 503 g/mol. The molecule has 2 N–H and O–H groups in total. The zero-order valence-corrected chi connectivity index (χ0v) is 22.5. The first kappa shape index (κ1) is 26.6. The average Bonchev–Trinajstić information content (AvgIpc) is 2.87. The second-order valence-electron chi connectivity index (χ2n) is 11.2. The Labute approximate surface area is 219 Å². The van der Waals surface area contributed by atoms with Crippen LogP contribution in [0.3, 0.4) is 0 Å². The molecule has 1 fully saturated rings. The Morgan fingerprint density at radius 1 is 1.11 bits per heavy atom. The largest absolute Gasteiger partial charge is 0.391 e. The van der Waals surface area contributed by atoms with Crippen molar-refractivity contribution in [3.05, 3.63) is 88.9 Å². The minimum atomic E-state index is -0.524. The standard InChI is InChI=1S/C31H38FN3O2/c1-20-10-6-16-26(32)27(20)30(37)35-17-9-15-25(28(35)21-11-7-13-23(18-21)33-5)29(36)34-24-14-8-12-22(19-24)31(2,3)4/h6-8,10-14,16,19,21,25,28,33H,9,15,17-18H2,1-5H3,(H,34,36)/t21?,25-,28-/m0/s1. The van der Waals surface area contributed by atoms with Crippen molar-refractivity contribution in [2.75, 3.05) is 18.9 Å². The maximum atomic E-state index is 14.9. The second kappa shape index (κ2) is 10.9. The molecule has 4 rings (SSSR count). The predicted octanol–water partition coefficient (Wildman–Crippen LogP) is 5.97. The molecular weight excluding hydrogens is 465 g/mol. The van der Waals surface area contributed by atoms with E-state index < -0.39 is 11.7 Å². The van der Waals surface area contributed by atoms with E-state index >= 15 is 0 Å². The third kappa shape index (κ3) is 5.79. The fraction of sp³-hybridized carbons (Fsp3) is 0.419. The Kier molecular flexibility index (Phi) is 7.86. The smallest absolute Gasteiger partial charge is 0.257 e. The highest BCUT2D eigenvalue weighted by Crippen LogP contribution is 2.36. The summed E-state index contributed by atoms with van der Waals surface area (Å²) >= 11 is 0. The van der Waals surface area contributed by atoms with E-state index in [1.54, 1.807) is 24.0 Å². The Morgan fingerprint density at radius 2 is 1.86 bits per heavy atom. The summed E-state index contributed by atoms with van der Waals surface area (Å²) in [6.45, 7) is 8.66. The SMILES string of the molecule is CNC1=CC=CC([C@H]2[C@@H](C(=O)Nc3cccc(C(C)(C)C)c3)CCCN2C(=O)c2c(C)cccc2F)C1. The molecule has 0 spiro atoms. The molecule has 0 saturated carbocycles. The normalized spacial score (nSPS) is 21.8.